The van der Waals surface area contributed by atoms with Gasteiger partial charge in [0.2, 0.25) is 0 Å². The van der Waals surface area contributed by atoms with Gasteiger partial charge in [-0.3, -0.25) is 9.48 Å². The molecule has 110 valence electrons. The molecule has 1 unspecified atom stereocenters. The van der Waals surface area contributed by atoms with E-state index in [0.29, 0.717) is 10.7 Å². The molecule has 3 rings (SSSR count). The fraction of sp³-hybridized carbons (Fsp3) is 0.375. The Labute approximate surface area is 129 Å². The predicted octanol–water partition coefficient (Wildman–Crippen LogP) is 3.36. The summed E-state index contributed by atoms with van der Waals surface area (Å²) >= 11 is 6.11. The van der Waals surface area contributed by atoms with E-state index < -0.39 is 0 Å². The van der Waals surface area contributed by atoms with Crippen molar-refractivity contribution in [2.75, 3.05) is 6.54 Å². The van der Waals surface area contributed by atoms with Crippen LogP contribution in [0.1, 0.15) is 40.5 Å². The zero-order valence-corrected chi connectivity index (χ0v) is 13.0. The number of hydrogen-bond acceptors (Lipinski definition) is 2. The lowest BCUT2D eigenvalue weighted by atomic mass is 10.0. The summed E-state index contributed by atoms with van der Waals surface area (Å²) in [6.07, 6.45) is 3.52. The van der Waals surface area contributed by atoms with Crippen LogP contribution in [0.3, 0.4) is 0 Å². The van der Waals surface area contributed by atoms with E-state index in [1.54, 1.807) is 11.7 Å². The van der Waals surface area contributed by atoms with Gasteiger partial charge in [-0.25, -0.2) is 0 Å². The molecule has 1 atom stereocenters. The summed E-state index contributed by atoms with van der Waals surface area (Å²) in [5, 5.41) is 4.47. The largest absolute Gasteiger partial charge is 0.330 e. The van der Waals surface area contributed by atoms with Crippen LogP contribution in [0.4, 0.5) is 0 Å². The molecule has 0 bridgehead atoms. The zero-order chi connectivity index (χ0) is 15.0. The predicted molar refractivity (Wildman–Crippen MR) is 82.4 cm³/mol. The van der Waals surface area contributed by atoms with E-state index in [2.05, 4.69) is 30.2 Å². The molecule has 1 aliphatic heterocycles. The number of likely N-dealkylation sites (tertiary alicyclic amines) is 1. The van der Waals surface area contributed by atoms with E-state index in [9.17, 15) is 4.79 Å². The van der Waals surface area contributed by atoms with Crippen molar-refractivity contribution in [1.29, 1.82) is 0 Å². The third-order valence-corrected chi connectivity index (χ3v) is 4.31. The molecule has 5 heteroatoms. The Hall–Kier alpha value is -1.81. The molecule has 0 N–H and O–H groups in total. The topological polar surface area (TPSA) is 38.1 Å². The molecule has 1 aliphatic rings. The van der Waals surface area contributed by atoms with Crippen LogP contribution < -0.4 is 0 Å². The van der Waals surface area contributed by atoms with Crippen LogP contribution >= 0.6 is 11.6 Å². The number of rotatable bonds is 2. The van der Waals surface area contributed by atoms with Gasteiger partial charge >= 0.3 is 0 Å². The van der Waals surface area contributed by atoms with Crippen LogP contribution in [0, 0.1) is 6.92 Å². The molecule has 0 saturated carbocycles. The first-order chi connectivity index (χ1) is 10.1. The lowest BCUT2D eigenvalue weighted by molar-refractivity contribution is 0.0724. The van der Waals surface area contributed by atoms with Crippen molar-refractivity contribution in [2.45, 2.75) is 25.8 Å². The van der Waals surface area contributed by atoms with Gasteiger partial charge in [-0.15, -0.1) is 0 Å². The molecule has 2 heterocycles. The standard InChI is InChI=1S/C16H18ClN3O/c1-11-5-3-6-12(9-11)14-7-4-8-20(14)16(21)15-13(17)10-18-19(15)2/h3,5-6,9-10,14H,4,7-8H2,1-2H3. The first-order valence-corrected chi connectivity index (χ1v) is 7.51. The monoisotopic (exact) mass is 303 g/mol. The molecule has 1 saturated heterocycles. The van der Waals surface area contributed by atoms with E-state index in [-0.39, 0.29) is 11.9 Å². The van der Waals surface area contributed by atoms with E-state index in [1.165, 1.54) is 17.3 Å². The number of nitrogens with zero attached hydrogens (tertiary/aromatic N) is 3. The Morgan fingerprint density at radius 1 is 1.43 bits per heavy atom. The van der Waals surface area contributed by atoms with Gasteiger partial charge in [-0.2, -0.15) is 5.10 Å². The highest BCUT2D eigenvalue weighted by Gasteiger charge is 2.32. The second kappa shape index (κ2) is 5.53. The fourth-order valence-electron chi connectivity index (χ4n) is 3.02. The Kier molecular flexibility index (Phi) is 3.72. The van der Waals surface area contributed by atoms with Crippen molar-refractivity contribution in [3.8, 4) is 0 Å². The van der Waals surface area contributed by atoms with Crippen molar-refractivity contribution < 1.29 is 4.79 Å². The maximum absolute atomic E-state index is 12.8. The van der Waals surface area contributed by atoms with E-state index in [1.807, 2.05) is 11.0 Å². The van der Waals surface area contributed by atoms with E-state index >= 15 is 0 Å². The number of carbonyl (C=O) groups excluding carboxylic acids is 1. The van der Waals surface area contributed by atoms with Crippen molar-refractivity contribution in [2.24, 2.45) is 7.05 Å². The molecule has 1 aromatic heterocycles. The SMILES string of the molecule is Cc1cccc(C2CCCN2C(=O)c2c(Cl)cnn2C)c1. The van der Waals surface area contributed by atoms with Crippen LogP contribution in [-0.2, 0) is 7.05 Å². The minimum Gasteiger partial charge on any atom is -0.330 e. The fourth-order valence-corrected chi connectivity index (χ4v) is 3.27. The summed E-state index contributed by atoms with van der Waals surface area (Å²) in [4.78, 5) is 14.7. The average molecular weight is 304 g/mol. The van der Waals surface area contributed by atoms with Crippen molar-refractivity contribution in [3.63, 3.8) is 0 Å². The summed E-state index contributed by atoms with van der Waals surface area (Å²) in [5.74, 6) is -0.0380. The number of halogens is 1. The molecule has 4 nitrogen and oxygen atoms in total. The number of carbonyl (C=O) groups is 1. The van der Waals surface area contributed by atoms with Crippen LogP contribution in [0.15, 0.2) is 30.5 Å². The Morgan fingerprint density at radius 2 is 2.24 bits per heavy atom. The van der Waals surface area contributed by atoms with Crippen LogP contribution in [0.25, 0.3) is 0 Å². The molecule has 0 aliphatic carbocycles. The Balaban J connectivity index is 1.93. The van der Waals surface area contributed by atoms with Gasteiger partial charge in [-0.1, -0.05) is 41.4 Å². The maximum Gasteiger partial charge on any atom is 0.274 e. The van der Waals surface area contributed by atoms with Gasteiger partial charge in [0.05, 0.1) is 17.3 Å². The number of aromatic nitrogens is 2. The van der Waals surface area contributed by atoms with Gasteiger partial charge in [0.15, 0.2) is 0 Å². The van der Waals surface area contributed by atoms with Gasteiger partial charge in [0.1, 0.15) is 5.69 Å². The number of amides is 1. The quantitative estimate of drug-likeness (QED) is 0.853. The first-order valence-electron chi connectivity index (χ1n) is 7.13. The summed E-state index contributed by atoms with van der Waals surface area (Å²) in [6.45, 7) is 2.83. The van der Waals surface area contributed by atoms with Crippen LogP contribution in [0.5, 0.6) is 0 Å². The highest BCUT2D eigenvalue weighted by atomic mass is 35.5. The second-order valence-electron chi connectivity index (χ2n) is 5.54. The summed E-state index contributed by atoms with van der Waals surface area (Å²) in [6, 6.07) is 8.49. The Bertz CT molecular complexity index is 660. The summed E-state index contributed by atoms with van der Waals surface area (Å²) in [7, 11) is 1.75. The minimum atomic E-state index is -0.0380. The first kappa shape index (κ1) is 14.1. The van der Waals surface area contributed by atoms with Gasteiger partial charge in [0.25, 0.3) is 5.91 Å². The van der Waals surface area contributed by atoms with Crippen molar-refractivity contribution in [3.05, 3.63) is 52.3 Å². The van der Waals surface area contributed by atoms with Crippen LogP contribution in [0.2, 0.25) is 5.02 Å². The molecule has 1 aromatic carbocycles. The number of benzene rings is 1. The van der Waals surface area contributed by atoms with Crippen molar-refractivity contribution >= 4 is 17.5 Å². The van der Waals surface area contributed by atoms with Gasteiger partial charge < -0.3 is 4.90 Å². The molecule has 0 radical (unpaired) electrons. The summed E-state index contributed by atoms with van der Waals surface area (Å²) < 4.78 is 1.55. The van der Waals surface area contributed by atoms with Crippen LogP contribution in [-0.4, -0.2) is 27.1 Å². The lowest BCUT2D eigenvalue weighted by Gasteiger charge is -2.25. The lowest BCUT2D eigenvalue weighted by Crippen LogP contribution is -2.32. The molecular formula is C16H18ClN3O. The highest BCUT2D eigenvalue weighted by Crippen LogP contribution is 2.34. The molecule has 1 amide bonds. The number of aryl methyl sites for hydroxylation is 2. The third-order valence-electron chi connectivity index (χ3n) is 4.04. The molecule has 0 spiro atoms. The normalized spacial score (nSPS) is 18.2. The zero-order valence-electron chi connectivity index (χ0n) is 12.2. The van der Waals surface area contributed by atoms with E-state index in [4.69, 9.17) is 11.6 Å². The Morgan fingerprint density at radius 3 is 2.90 bits per heavy atom. The summed E-state index contributed by atoms with van der Waals surface area (Å²) in [5.41, 5.74) is 2.88. The molecule has 1 fully saturated rings. The smallest absolute Gasteiger partial charge is 0.274 e. The second-order valence-corrected chi connectivity index (χ2v) is 5.94. The minimum absolute atomic E-state index is 0.0380. The van der Waals surface area contributed by atoms with Gasteiger partial charge in [0, 0.05) is 13.6 Å². The average Bonchev–Trinajstić information content (AvgIpc) is 3.05. The molecular weight excluding hydrogens is 286 g/mol. The molecule has 21 heavy (non-hydrogen) atoms. The number of hydrogen-bond donors (Lipinski definition) is 0. The van der Waals surface area contributed by atoms with E-state index in [0.717, 1.165) is 19.4 Å². The maximum atomic E-state index is 12.8. The highest BCUT2D eigenvalue weighted by molar-refractivity contribution is 6.33. The molecule has 2 aromatic rings. The van der Waals surface area contributed by atoms with Crippen molar-refractivity contribution in [1.82, 2.24) is 14.7 Å². The third kappa shape index (κ3) is 2.56. The van der Waals surface area contributed by atoms with Gasteiger partial charge in [-0.05, 0) is 25.3 Å².